The van der Waals surface area contributed by atoms with Crippen LogP contribution in [0, 0.1) is 0 Å². The van der Waals surface area contributed by atoms with E-state index < -0.39 is 5.60 Å². The molecule has 0 aromatic heterocycles. The lowest BCUT2D eigenvalue weighted by Crippen LogP contribution is -2.52. The minimum absolute atomic E-state index is 0.390. The van der Waals surface area contributed by atoms with Crippen LogP contribution in [0.15, 0.2) is 0 Å². The summed E-state index contributed by atoms with van der Waals surface area (Å²) in [6.45, 7) is 3.93. The van der Waals surface area contributed by atoms with Crippen molar-refractivity contribution < 1.29 is 9.84 Å². The summed E-state index contributed by atoms with van der Waals surface area (Å²) in [6, 6.07) is 0.982. The molecular weight excluding hydrogens is 178 g/mol. The molecule has 3 nitrogen and oxygen atoms in total. The van der Waals surface area contributed by atoms with Crippen LogP contribution in [0.1, 0.15) is 32.6 Å². The topological polar surface area (TPSA) is 32.7 Å². The fourth-order valence-corrected chi connectivity index (χ4v) is 3.46. The molecule has 0 amide bonds. The first-order valence-corrected chi connectivity index (χ1v) is 5.76. The first-order chi connectivity index (χ1) is 6.67. The van der Waals surface area contributed by atoms with E-state index in [2.05, 4.69) is 4.90 Å². The fourth-order valence-electron chi connectivity index (χ4n) is 3.46. The number of likely N-dealkylation sites (tertiary alicyclic amines) is 1. The van der Waals surface area contributed by atoms with E-state index in [1.807, 2.05) is 6.92 Å². The Kier molecular flexibility index (Phi) is 1.92. The van der Waals surface area contributed by atoms with E-state index in [1.54, 1.807) is 0 Å². The summed E-state index contributed by atoms with van der Waals surface area (Å²) in [7, 11) is 0. The summed E-state index contributed by atoms with van der Waals surface area (Å²) in [6.07, 6.45) is 4.94. The normalized spacial score (nSPS) is 53.1. The maximum atomic E-state index is 10.3. The predicted octanol–water partition coefficient (Wildman–Crippen LogP) is 0.763. The molecule has 0 spiro atoms. The molecule has 1 aliphatic carbocycles. The molecule has 3 fully saturated rings. The van der Waals surface area contributed by atoms with Crippen molar-refractivity contribution >= 4 is 0 Å². The molecule has 0 aromatic carbocycles. The van der Waals surface area contributed by atoms with E-state index in [0.717, 1.165) is 26.0 Å². The number of nitrogens with zero attached hydrogens (tertiary/aromatic N) is 1. The maximum Gasteiger partial charge on any atom is 0.0774 e. The Morgan fingerprint density at radius 2 is 2.36 bits per heavy atom. The van der Waals surface area contributed by atoms with Crippen molar-refractivity contribution in [2.45, 2.75) is 56.4 Å². The maximum absolute atomic E-state index is 10.3. The van der Waals surface area contributed by atoms with Crippen LogP contribution in [0.4, 0.5) is 0 Å². The van der Waals surface area contributed by atoms with Gasteiger partial charge in [0.1, 0.15) is 0 Å². The molecule has 2 bridgehead atoms. The smallest absolute Gasteiger partial charge is 0.0774 e. The van der Waals surface area contributed by atoms with Crippen molar-refractivity contribution in [2.75, 3.05) is 13.2 Å². The number of ether oxygens (including phenoxy) is 1. The Balaban J connectivity index is 1.77. The molecule has 2 aliphatic heterocycles. The van der Waals surface area contributed by atoms with Crippen LogP contribution in [0.5, 0.6) is 0 Å². The van der Waals surface area contributed by atoms with Gasteiger partial charge in [0.05, 0.1) is 18.3 Å². The molecule has 2 saturated heterocycles. The van der Waals surface area contributed by atoms with Crippen LogP contribution in [0.3, 0.4) is 0 Å². The number of hydrogen-bond donors (Lipinski definition) is 1. The second-order valence-corrected chi connectivity index (χ2v) is 5.31. The van der Waals surface area contributed by atoms with Crippen LogP contribution < -0.4 is 0 Å². The van der Waals surface area contributed by atoms with Crippen molar-refractivity contribution in [1.82, 2.24) is 4.90 Å². The highest BCUT2D eigenvalue weighted by atomic mass is 16.5. The van der Waals surface area contributed by atoms with Gasteiger partial charge in [0, 0.05) is 18.6 Å². The minimum Gasteiger partial charge on any atom is -0.389 e. The summed E-state index contributed by atoms with van der Waals surface area (Å²) in [5.41, 5.74) is -0.454. The highest BCUT2D eigenvalue weighted by molar-refractivity contribution is 5.02. The van der Waals surface area contributed by atoms with Gasteiger partial charge in [-0.2, -0.15) is 0 Å². The van der Waals surface area contributed by atoms with Crippen LogP contribution in [-0.4, -0.2) is 46.9 Å². The lowest BCUT2D eigenvalue weighted by molar-refractivity contribution is -0.0540. The molecule has 14 heavy (non-hydrogen) atoms. The van der Waals surface area contributed by atoms with E-state index in [1.165, 1.54) is 12.8 Å². The zero-order valence-electron chi connectivity index (χ0n) is 8.78. The first-order valence-electron chi connectivity index (χ1n) is 5.76. The Hall–Kier alpha value is -0.120. The molecule has 0 aromatic rings. The third-order valence-corrected chi connectivity index (χ3v) is 4.22. The first kappa shape index (κ1) is 9.13. The summed E-state index contributed by atoms with van der Waals surface area (Å²) in [4.78, 5) is 2.50. The molecule has 4 unspecified atom stereocenters. The van der Waals surface area contributed by atoms with Gasteiger partial charge in [-0.3, -0.25) is 4.90 Å². The molecule has 4 atom stereocenters. The SMILES string of the molecule is CC1(O)CCCC1N1CC2CC1CO2. The zero-order valence-corrected chi connectivity index (χ0v) is 8.78. The average molecular weight is 197 g/mol. The van der Waals surface area contributed by atoms with Crippen LogP contribution in [0.25, 0.3) is 0 Å². The number of morpholine rings is 1. The van der Waals surface area contributed by atoms with Gasteiger partial charge < -0.3 is 9.84 Å². The van der Waals surface area contributed by atoms with Gasteiger partial charge in [0.15, 0.2) is 0 Å². The van der Waals surface area contributed by atoms with Gasteiger partial charge in [-0.05, 0) is 32.6 Å². The van der Waals surface area contributed by atoms with Gasteiger partial charge in [-0.25, -0.2) is 0 Å². The second-order valence-electron chi connectivity index (χ2n) is 5.31. The van der Waals surface area contributed by atoms with Gasteiger partial charge in [-0.1, -0.05) is 0 Å². The quantitative estimate of drug-likeness (QED) is 0.673. The molecule has 3 rings (SSSR count). The average Bonchev–Trinajstić information content (AvgIpc) is 2.77. The van der Waals surface area contributed by atoms with Crippen LogP contribution >= 0.6 is 0 Å². The molecule has 3 heteroatoms. The van der Waals surface area contributed by atoms with Gasteiger partial charge in [0.25, 0.3) is 0 Å². The molecule has 1 N–H and O–H groups in total. The Bertz CT molecular complexity index is 241. The van der Waals surface area contributed by atoms with Crippen molar-refractivity contribution in [2.24, 2.45) is 0 Å². The van der Waals surface area contributed by atoms with Gasteiger partial charge in [-0.15, -0.1) is 0 Å². The lowest BCUT2D eigenvalue weighted by atomic mass is 9.98. The van der Waals surface area contributed by atoms with Crippen molar-refractivity contribution in [3.63, 3.8) is 0 Å². The van der Waals surface area contributed by atoms with Crippen molar-refractivity contribution in [1.29, 1.82) is 0 Å². The van der Waals surface area contributed by atoms with Crippen LogP contribution in [0.2, 0.25) is 0 Å². The Morgan fingerprint density at radius 1 is 1.50 bits per heavy atom. The van der Waals surface area contributed by atoms with E-state index in [4.69, 9.17) is 4.74 Å². The summed E-state index contributed by atoms with van der Waals surface area (Å²) >= 11 is 0. The van der Waals surface area contributed by atoms with E-state index >= 15 is 0 Å². The molecule has 0 radical (unpaired) electrons. The third kappa shape index (κ3) is 1.23. The number of aliphatic hydroxyl groups is 1. The molecule has 3 aliphatic rings. The van der Waals surface area contributed by atoms with E-state index in [-0.39, 0.29) is 0 Å². The van der Waals surface area contributed by atoms with Gasteiger partial charge in [0.2, 0.25) is 0 Å². The van der Waals surface area contributed by atoms with Gasteiger partial charge >= 0.3 is 0 Å². The van der Waals surface area contributed by atoms with Crippen LogP contribution in [-0.2, 0) is 4.74 Å². The third-order valence-electron chi connectivity index (χ3n) is 4.22. The largest absolute Gasteiger partial charge is 0.389 e. The Morgan fingerprint density at radius 3 is 2.86 bits per heavy atom. The zero-order chi connectivity index (χ0) is 9.76. The monoisotopic (exact) mass is 197 g/mol. The molecular formula is C11H19NO2. The summed E-state index contributed by atoms with van der Waals surface area (Å²) < 4.78 is 5.59. The standard InChI is InChI=1S/C11H19NO2/c1-11(13)4-2-3-10(11)12-6-9-5-8(12)7-14-9/h8-10,13H,2-7H2,1H3. The predicted molar refractivity (Wildman–Crippen MR) is 53.1 cm³/mol. The summed E-state index contributed by atoms with van der Waals surface area (Å²) in [5.74, 6) is 0. The number of rotatable bonds is 1. The fraction of sp³-hybridized carbons (Fsp3) is 1.00. The summed E-state index contributed by atoms with van der Waals surface area (Å²) in [5, 5.41) is 10.3. The highest BCUT2D eigenvalue weighted by Gasteiger charge is 2.48. The van der Waals surface area contributed by atoms with Crippen molar-refractivity contribution in [3.8, 4) is 0 Å². The number of fused-ring (bicyclic) bond motifs is 2. The lowest BCUT2D eigenvalue weighted by Gasteiger charge is -2.38. The molecule has 2 heterocycles. The van der Waals surface area contributed by atoms with E-state index in [9.17, 15) is 5.11 Å². The van der Waals surface area contributed by atoms with Crippen molar-refractivity contribution in [3.05, 3.63) is 0 Å². The highest BCUT2D eigenvalue weighted by Crippen LogP contribution is 2.39. The minimum atomic E-state index is -0.454. The molecule has 80 valence electrons. The second kappa shape index (κ2) is 2.94. The molecule has 1 saturated carbocycles. The van der Waals surface area contributed by atoms with E-state index in [0.29, 0.717) is 18.2 Å². The Labute approximate surface area is 85.0 Å². The number of hydrogen-bond acceptors (Lipinski definition) is 3.